The van der Waals surface area contributed by atoms with Gasteiger partial charge < -0.3 is 60.2 Å². The van der Waals surface area contributed by atoms with Crippen molar-refractivity contribution in [2.24, 2.45) is 0 Å². The number of hydrogen-bond acceptors (Lipinski definition) is 14. The van der Waals surface area contributed by atoms with Crippen molar-refractivity contribution in [3.05, 3.63) is 35.4 Å². The fraction of sp³-hybridized carbons (Fsp3) is 0.300. The first-order valence-corrected chi connectivity index (χ1v) is 9.48. The maximum absolute atomic E-state index is 12.3. The Morgan fingerprint density at radius 1 is 0.706 bits per heavy atom. The second-order valence-electron chi connectivity index (χ2n) is 7.24. The van der Waals surface area contributed by atoms with E-state index in [2.05, 4.69) is 0 Å². The van der Waals surface area contributed by atoms with Gasteiger partial charge in [-0.25, -0.2) is 9.59 Å². The summed E-state index contributed by atoms with van der Waals surface area (Å²) in [5.74, 6) is -7.45. The molecule has 3 rings (SSSR count). The molecule has 14 heteroatoms. The van der Waals surface area contributed by atoms with Crippen LogP contribution in [0.4, 0.5) is 0 Å². The van der Waals surface area contributed by atoms with Gasteiger partial charge in [0.25, 0.3) is 0 Å². The Morgan fingerprint density at radius 3 is 1.62 bits per heavy atom. The number of rotatable bonds is 5. The van der Waals surface area contributed by atoms with E-state index in [0.29, 0.717) is 0 Å². The molecule has 184 valence electrons. The highest BCUT2D eigenvalue weighted by atomic mass is 16.7. The molecule has 1 saturated heterocycles. The molecule has 1 aliphatic rings. The number of ether oxygens (including phenoxy) is 3. The van der Waals surface area contributed by atoms with Crippen molar-refractivity contribution in [3.8, 4) is 34.5 Å². The van der Waals surface area contributed by atoms with Crippen LogP contribution >= 0.6 is 0 Å². The molecule has 2 aromatic carbocycles. The molecular weight excluding hydrogens is 464 g/mol. The van der Waals surface area contributed by atoms with E-state index in [1.54, 1.807) is 0 Å². The standard InChI is InChI=1S/C20H20O14/c21-8-1-6(2-9(22)13(8)25)18(30)32-5-12-15(27)16(28)17(29)20(33-12)34-19(31)7-3-10(23)14(26)11(24)4-7/h1-4,12,15-17,20-29H,5H2/t12-,15+,16+,17+,20+/m1/s1. The van der Waals surface area contributed by atoms with Gasteiger partial charge in [-0.05, 0) is 24.3 Å². The molecule has 5 atom stereocenters. The Hall–Kier alpha value is -3.98. The van der Waals surface area contributed by atoms with Crippen LogP contribution in [0.5, 0.6) is 34.5 Å². The van der Waals surface area contributed by atoms with Crippen molar-refractivity contribution in [2.75, 3.05) is 6.61 Å². The average Bonchev–Trinajstić information content (AvgIpc) is 2.79. The van der Waals surface area contributed by atoms with E-state index < -0.39 is 89.3 Å². The van der Waals surface area contributed by atoms with Gasteiger partial charge in [0.1, 0.15) is 31.0 Å². The number of phenols is 6. The lowest BCUT2D eigenvalue weighted by Gasteiger charge is -2.39. The van der Waals surface area contributed by atoms with Crippen molar-refractivity contribution in [1.29, 1.82) is 0 Å². The lowest BCUT2D eigenvalue weighted by molar-refractivity contribution is -0.285. The van der Waals surface area contributed by atoms with Crippen LogP contribution in [-0.2, 0) is 14.2 Å². The van der Waals surface area contributed by atoms with E-state index in [1.807, 2.05) is 0 Å². The number of phenolic OH excluding ortho intramolecular Hbond substituents is 6. The van der Waals surface area contributed by atoms with Gasteiger partial charge in [0.15, 0.2) is 34.5 Å². The SMILES string of the molecule is O=C(OC[C@H]1O[C@@H](OC(=O)c2cc(O)c(O)c(O)c2)[C@@H](O)[C@@H](O)[C@H]1O)c1cc(O)c(O)c(O)c1. The van der Waals surface area contributed by atoms with Crippen molar-refractivity contribution < 1.29 is 69.8 Å². The molecule has 1 heterocycles. The Morgan fingerprint density at radius 2 is 1.15 bits per heavy atom. The zero-order valence-electron chi connectivity index (χ0n) is 17.0. The number of aromatic hydroxyl groups is 6. The number of benzene rings is 2. The first-order valence-electron chi connectivity index (χ1n) is 9.48. The van der Waals surface area contributed by atoms with Crippen LogP contribution < -0.4 is 0 Å². The van der Waals surface area contributed by atoms with Gasteiger partial charge >= 0.3 is 11.9 Å². The predicted octanol–water partition coefficient (Wildman–Crippen LogP) is -1.26. The molecule has 0 amide bonds. The molecule has 14 nitrogen and oxygen atoms in total. The molecule has 1 aliphatic heterocycles. The number of aliphatic hydroxyl groups excluding tert-OH is 3. The van der Waals surface area contributed by atoms with Crippen molar-refractivity contribution in [2.45, 2.75) is 30.7 Å². The lowest BCUT2D eigenvalue weighted by Crippen LogP contribution is -2.59. The summed E-state index contributed by atoms with van der Waals surface area (Å²) in [5, 5.41) is 86.9. The van der Waals surface area contributed by atoms with Crippen LogP contribution in [0.3, 0.4) is 0 Å². The first kappa shape index (κ1) is 24.7. The van der Waals surface area contributed by atoms with E-state index in [0.717, 1.165) is 24.3 Å². The normalized spacial score (nSPS) is 24.4. The summed E-state index contributed by atoms with van der Waals surface area (Å²) in [4.78, 5) is 24.5. The molecule has 1 fully saturated rings. The lowest BCUT2D eigenvalue weighted by atomic mass is 9.99. The minimum atomic E-state index is -1.95. The zero-order valence-corrected chi connectivity index (χ0v) is 17.0. The van der Waals surface area contributed by atoms with E-state index >= 15 is 0 Å². The number of aliphatic hydroxyl groups is 3. The quantitative estimate of drug-likeness (QED) is 0.178. The van der Waals surface area contributed by atoms with Crippen LogP contribution in [0.1, 0.15) is 20.7 Å². The molecular formula is C20H20O14. The van der Waals surface area contributed by atoms with Crippen LogP contribution in [0.15, 0.2) is 24.3 Å². The Kier molecular flexibility index (Phi) is 6.88. The van der Waals surface area contributed by atoms with Gasteiger partial charge in [0, 0.05) is 0 Å². The summed E-state index contributed by atoms with van der Waals surface area (Å²) in [6, 6.07) is 3.08. The van der Waals surface area contributed by atoms with Gasteiger partial charge in [-0.1, -0.05) is 0 Å². The van der Waals surface area contributed by atoms with Gasteiger partial charge in [-0.3, -0.25) is 0 Å². The summed E-state index contributed by atoms with van der Waals surface area (Å²) >= 11 is 0. The van der Waals surface area contributed by atoms with Gasteiger partial charge in [-0.15, -0.1) is 0 Å². The predicted molar refractivity (Wildman–Crippen MR) is 105 cm³/mol. The fourth-order valence-corrected chi connectivity index (χ4v) is 3.01. The number of carbonyl (C=O) groups excluding carboxylic acids is 2. The minimum absolute atomic E-state index is 0.381. The summed E-state index contributed by atoms with van der Waals surface area (Å²) in [5.41, 5.74) is -0.840. The Labute approximate surface area is 189 Å². The molecule has 34 heavy (non-hydrogen) atoms. The second kappa shape index (κ2) is 9.48. The fourth-order valence-electron chi connectivity index (χ4n) is 3.01. The highest BCUT2D eigenvalue weighted by Gasteiger charge is 2.46. The summed E-state index contributed by atoms with van der Waals surface area (Å²) in [6.07, 6.45) is -9.09. The zero-order chi connectivity index (χ0) is 25.3. The van der Waals surface area contributed by atoms with Crippen LogP contribution in [0.25, 0.3) is 0 Å². The van der Waals surface area contributed by atoms with Crippen LogP contribution in [0.2, 0.25) is 0 Å². The average molecular weight is 484 g/mol. The van der Waals surface area contributed by atoms with Crippen molar-refractivity contribution in [3.63, 3.8) is 0 Å². The molecule has 0 aromatic heterocycles. The summed E-state index contributed by atoms with van der Waals surface area (Å²) < 4.78 is 15.0. The van der Waals surface area contributed by atoms with E-state index in [-0.39, 0.29) is 5.56 Å². The minimum Gasteiger partial charge on any atom is -0.504 e. The van der Waals surface area contributed by atoms with Crippen molar-refractivity contribution in [1.82, 2.24) is 0 Å². The first-order chi connectivity index (χ1) is 15.9. The van der Waals surface area contributed by atoms with E-state index in [1.165, 1.54) is 0 Å². The highest BCUT2D eigenvalue weighted by molar-refractivity contribution is 5.91. The largest absolute Gasteiger partial charge is 0.504 e. The summed E-state index contributed by atoms with van der Waals surface area (Å²) in [6.45, 7) is -0.749. The monoisotopic (exact) mass is 484 g/mol. The van der Waals surface area contributed by atoms with Gasteiger partial charge in [0.05, 0.1) is 11.1 Å². The van der Waals surface area contributed by atoms with E-state index in [9.17, 15) is 55.5 Å². The molecule has 0 aliphatic carbocycles. The Bertz CT molecular complexity index is 1050. The van der Waals surface area contributed by atoms with Crippen LogP contribution in [0, 0.1) is 0 Å². The molecule has 0 radical (unpaired) electrons. The topological polar surface area (TPSA) is 244 Å². The molecule has 0 bridgehead atoms. The highest BCUT2D eigenvalue weighted by Crippen LogP contribution is 2.37. The van der Waals surface area contributed by atoms with Crippen molar-refractivity contribution >= 4 is 11.9 Å². The maximum Gasteiger partial charge on any atom is 0.340 e. The second-order valence-corrected chi connectivity index (χ2v) is 7.24. The third-order valence-electron chi connectivity index (χ3n) is 4.88. The van der Waals surface area contributed by atoms with E-state index in [4.69, 9.17) is 14.2 Å². The molecule has 9 N–H and O–H groups in total. The molecule has 0 saturated carbocycles. The smallest absolute Gasteiger partial charge is 0.340 e. The van der Waals surface area contributed by atoms with Crippen LogP contribution in [-0.4, -0.2) is 95.2 Å². The number of hydrogen-bond donors (Lipinski definition) is 9. The maximum atomic E-state index is 12.3. The summed E-state index contributed by atoms with van der Waals surface area (Å²) in [7, 11) is 0. The number of carbonyl (C=O) groups is 2. The Balaban J connectivity index is 1.70. The number of esters is 2. The molecule has 0 spiro atoms. The van der Waals surface area contributed by atoms with Gasteiger partial charge in [-0.2, -0.15) is 0 Å². The molecule has 0 unspecified atom stereocenters. The third-order valence-corrected chi connectivity index (χ3v) is 4.88. The van der Waals surface area contributed by atoms with Gasteiger partial charge in [0.2, 0.25) is 6.29 Å². The molecule has 2 aromatic rings. The third kappa shape index (κ3) is 4.84.